The Kier molecular flexibility index (Phi) is 3.53. The van der Waals surface area contributed by atoms with Crippen LogP contribution in [0.3, 0.4) is 0 Å². The highest BCUT2D eigenvalue weighted by Crippen LogP contribution is 2.32. The normalized spacial score (nSPS) is 13.3. The molecule has 2 aromatic rings. The smallest absolute Gasteiger partial charge is 0.270 e. The molecule has 0 aromatic carbocycles. The van der Waals surface area contributed by atoms with Crippen LogP contribution >= 0.6 is 11.3 Å². The van der Waals surface area contributed by atoms with Crippen LogP contribution in [0.5, 0.6) is 0 Å². The Bertz CT molecular complexity index is 657. The van der Waals surface area contributed by atoms with Crippen molar-refractivity contribution >= 4 is 26.4 Å². The highest BCUT2D eigenvalue weighted by Gasteiger charge is 2.35. The van der Waals surface area contributed by atoms with Crippen molar-refractivity contribution in [2.24, 2.45) is 0 Å². The van der Waals surface area contributed by atoms with Crippen molar-refractivity contribution in [1.82, 2.24) is 14.6 Å². The molecule has 0 saturated carbocycles. The molecule has 19 heavy (non-hydrogen) atoms. The fourth-order valence-electron chi connectivity index (χ4n) is 1.28. The van der Waals surface area contributed by atoms with E-state index in [1.54, 1.807) is 0 Å². The van der Waals surface area contributed by atoms with E-state index >= 15 is 0 Å². The first-order valence-corrected chi connectivity index (χ1v) is 7.55. The second-order valence-corrected chi connectivity index (χ2v) is 6.24. The number of imidazole rings is 1. The third-order valence-electron chi connectivity index (χ3n) is 1.99. The van der Waals surface area contributed by atoms with E-state index in [2.05, 4.69) is 14.3 Å². The molecular formula is C8H8F3N3O3S2. The number of nitrogens with zero attached hydrogens (tertiary/aromatic N) is 3. The maximum atomic E-state index is 12.4. The number of aromatic nitrogens is 3. The number of hydrogen-bond acceptors (Lipinski definition) is 6. The van der Waals surface area contributed by atoms with Crippen LogP contribution < -0.4 is 0 Å². The molecule has 0 radical (unpaired) electrons. The molecule has 0 atom stereocenters. The average Bonchev–Trinajstić information content (AvgIpc) is 2.71. The lowest BCUT2D eigenvalue weighted by molar-refractivity contribution is -0.138. The highest BCUT2D eigenvalue weighted by atomic mass is 32.2. The lowest BCUT2D eigenvalue weighted by Gasteiger charge is -1.99. The van der Waals surface area contributed by atoms with E-state index in [0.29, 0.717) is 17.0 Å². The quantitative estimate of drug-likeness (QED) is 0.796. The van der Waals surface area contributed by atoms with E-state index in [4.69, 9.17) is 0 Å². The molecule has 6 nitrogen and oxygen atoms in total. The van der Waals surface area contributed by atoms with Crippen molar-refractivity contribution in [3.63, 3.8) is 0 Å². The summed E-state index contributed by atoms with van der Waals surface area (Å²) in [6, 6.07) is 0. The van der Waals surface area contributed by atoms with Crippen LogP contribution in [-0.4, -0.2) is 35.9 Å². The molecule has 0 spiro atoms. The zero-order chi connectivity index (χ0) is 14.3. The SMILES string of the molecule is CS(=O)(=O)OCCc1cn2nc(C(F)(F)F)sc2n1. The van der Waals surface area contributed by atoms with E-state index in [1.165, 1.54) is 6.20 Å². The van der Waals surface area contributed by atoms with Crippen molar-refractivity contribution < 1.29 is 25.8 Å². The maximum Gasteiger partial charge on any atom is 0.445 e. The van der Waals surface area contributed by atoms with Crippen LogP contribution in [0.1, 0.15) is 10.7 Å². The van der Waals surface area contributed by atoms with E-state index in [-0.39, 0.29) is 18.0 Å². The zero-order valence-electron chi connectivity index (χ0n) is 9.51. The van der Waals surface area contributed by atoms with Crippen molar-refractivity contribution in [2.45, 2.75) is 12.6 Å². The van der Waals surface area contributed by atoms with Crippen LogP contribution in [-0.2, 0) is 26.9 Å². The molecule has 11 heteroatoms. The molecule has 0 N–H and O–H groups in total. The van der Waals surface area contributed by atoms with Gasteiger partial charge >= 0.3 is 6.18 Å². The minimum absolute atomic E-state index is 0.0988. The number of rotatable bonds is 4. The monoisotopic (exact) mass is 315 g/mol. The van der Waals surface area contributed by atoms with Crippen LogP contribution in [0.15, 0.2) is 6.20 Å². The average molecular weight is 315 g/mol. The van der Waals surface area contributed by atoms with Gasteiger partial charge in [-0.1, -0.05) is 11.3 Å². The Morgan fingerprint density at radius 1 is 1.47 bits per heavy atom. The molecule has 0 unspecified atom stereocenters. The van der Waals surface area contributed by atoms with Gasteiger partial charge in [-0.3, -0.25) is 4.18 Å². The molecule has 2 heterocycles. The molecule has 0 fully saturated rings. The van der Waals surface area contributed by atoms with Gasteiger partial charge in [-0.15, -0.1) is 5.10 Å². The lowest BCUT2D eigenvalue weighted by Crippen LogP contribution is -2.06. The van der Waals surface area contributed by atoms with Gasteiger partial charge in [0.1, 0.15) is 0 Å². The van der Waals surface area contributed by atoms with Gasteiger partial charge in [0, 0.05) is 6.42 Å². The van der Waals surface area contributed by atoms with Gasteiger partial charge in [-0.25, -0.2) is 9.50 Å². The van der Waals surface area contributed by atoms with Gasteiger partial charge in [0.05, 0.1) is 24.8 Å². The summed E-state index contributed by atoms with van der Waals surface area (Å²) in [7, 11) is -3.53. The van der Waals surface area contributed by atoms with Crippen LogP contribution in [0, 0.1) is 0 Å². The predicted molar refractivity (Wildman–Crippen MR) is 60.4 cm³/mol. The molecule has 0 amide bonds. The molecule has 0 aliphatic carbocycles. The van der Waals surface area contributed by atoms with Gasteiger partial charge in [0.25, 0.3) is 10.1 Å². The summed E-state index contributed by atoms with van der Waals surface area (Å²) in [6.07, 6.45) is -2.10. The van der Waals surface area contributed by atoms with Crippen LogP contribution in [0.25, 0.3) is 4.96 Å². The van der Waals surface area contributed by atoms with E-state index < -0.39 is 21.3 Å². The molecule has 2 aromatic heterocycles. The Morgan fingerprint density at radius 3 is 2.68 bits per heavy atom. The first kappa shape index (κ1) is 14.2. The fourth-order valence-corrected chi connectivity index (χ4v) is 2.43. The number of hydrogen-bond donors (Lipinski definition) is 0. The second-order valence-electron chi connectivity index (χ2n) is 3.64. The van der Waals surface area contributed by atoms with Crippen molar-refractivity contribution in [2.75, 3.05) is 12.9 Å². The van der Waals surface area contributed by atoms with Gasteiger partial charge in [0.2, 0.25) is 9.97 Å². The molecule has 106 valence electrons. The molecule has 0 bridgehead atoms. The third kappa shape index (κ3) is 3.64. The minimum Gasteiger partial charge on any atom is -0.270 e. The summed E-state index contributed by atoms with van der Waals surface area (Å²) < 4.78 is 64.0. The predicted octanol–water partition coefficient (Wildman–Crippen LogP) is 1.33. The summed E-state index contributed by atoms with van der Waals surface area (Å²) in [4.78, 5) is 4.01. The van der Waals surface area contributed by atoms with Crippen molar-refractivity contribution in [3.05, 3.63) is 16.9 Å². The lowest BCUT2D eigenvalue weighted by atomic mass is 10.4. The molecule has 0 aliphatic heterocycles. The van der Waals surface area contributed by atoms with Gasteiger partial charge in [-0.2, -0.15) is 21.6 Å². The summed E-state index contributed by atoms with van der Waals surface area (Å²) >= 11 is 0.421. The fraction of sp³-hybridized carbons (Fsp3) is 0.500. The standard InChI is InChI=1S/C8H8F3N3O3S2/c1-19(15,16)17-3-2-5-4-14-7(12-5)18-6(13-14)8(9,10)11/h4H,2-3H2,1H3. The number of fused-ring (bicyclic) bond motifs is 1. The van der Waals surface area contributed by atoms with Gasteiger partial charge in [-0.05, 0) is 0 Å². The van der Waals surface area contributed by atoms with Gasteiger partial charge < -0.3 is 0 Å². The minimum atomic E-state index is -4.50. The molecule has 0 aliphatic rings. The number of alkyl halides is 3. The van der Waals surface area contributed by atoms with Crippen molar-refractivity contribution in [3.8, 4) is 0 Å². The van der Waals surface area contributed by atoms with Crippen LogP contribution in [0.4, 0.5) is 13.2 Å². The summed E-state index contributed by atoms with van der Waals surface area (Å²) in [5.74, 6) is 0. The summed E-state index contributed by atoms with van der Waals surface area (Å²) in [6.45, 7) is -0.115. The van der Waals surface area contributed by atoms with Crippen molar-refractivity contribution in [1.29, 1.82) is 0 Å². The maximum absolute atomic E-state index is 12.4. The van der Waals surface area contributed by atoms with E-state index in [9.17, 15) is 21.6 Å². The van der Waals surface area contributed by atoms with E-state index in [0.717, 1.165) is 10.8 Å². The summed E-state index contributed by atoms with van der Waals surface area (Å²) in [5, 5.41) is 2.37. The highest BCUT2D eigenvalue weighted by molar-refractivity contribution is 7.85. The van der Waals surface area contributed by atoms with E-state index in [1.807, 2.05) is 0 Å². The molecule has 2 rings (SSSR count). The Morgan fingerprint density at radius 2 is 2.16 bits per heavy atom. The second kappa shape index (κ2) is 4.72. The van der Waals surface area contributed by atoms with Crippen LogP contribution in [0.2, 0.25) is 0 Å². The topological polar surface area (TPSA) is 73.6 Å². The Balaban J connectivity index is 2.09. The Hall–Kier alpha value is -1.20. The first-order chi connectivity index (χ1) is 8.65. The van der Waals surface area contributed by atoms with Gasteiger partial charge in [0.15, 0.2) is 0 Å². The number of halogens is 3. The summed E-state index contributed by atoms with van der Waals surface area (Å²) in [5.41, 5.74) is 0.413. The first-order valence-electron chi connectivity index (χ1n) is 4.92. The molecule has 0 saturated heterocycles. The zero-order valence-corrected chi connectivity index (χ0v) is 11.1. The Labute approximate surface area is 110 Å². The largest absolute Gasteiger partial charge is 0.445 e. The third-order valence-corrected chi connectivity index (χ3v) is 3.55. The molecular weight excluding hydrogens is 307 g/mol.